The Kier molecular flexibility index (Phi) is 5.92. The summed E-state index contributed by atoms with van der Waals surface area (Å²) in [6.45, 7) is -0.926. The maximum Gasteiger partial charge on any atom is 0.320 e. The Hall–Kier alpha value is -3.27. The van der Waals surface area contributed by atoms with E-state index in [1.165, 1.54) is 6.07 Å². The number of benzene rings is 1. The van der Waals surface area contributed by atoms with Crippen LogP contribution in [0.3, 0.4) is 0 Å². The quantitative estimate of drug-likeness (QED) is 0.357. The number of amides is 2. The summed E-state index contributed by atoms with van der Waals surface area (Å²) in [5, 5.41) is 23.4. The Bertz CT molecular complexity index is 891. The Morgan fingerprint density at radius 2 is 2.03 bits per heavy atom. The van der Waals surface area contributed by atoms with E-state index < -0.39 is 36.6 Å². The van der Waals surface area contributed by atoms with E-state index in [1.807, 2.05) is 30.3 Å². The zero-order chi connectivity index (χ0) is 21.0. The van der Waals surface area contributed by atoms with Crippen LogP contribution in [0.5, 0.6) is 0 Å². The van der Waals surface area contributed by atoms with Gasteiger partial charge in [0.15, 0.2) is 6.61 Å². The van der Waals surface area contributed by atoms with Crippen LogP contribution in [-0.4, -0.2) is 40.7 Å². The summed E-state index contributed by atoms with van der Waals surface area (Å²) in [6, 6.07) is 9.22. The molecule has 1 atom stereocenters. The molecule has 1 fully saturated rings. The van der Waals surface area contributed by atoms with Gasteiger partial charge in [-0.1, -0.05) is 30.3 Å². The van der Waals surface area contributed by atoms with E-state index in [1.54, 1.807) is 0 Å². The molecule has 0 unspecified atom stereocenters. The van der Waals surface area contributed by atoms with Gasteiger partial charge in [-0.3, -0.25) is 10.7 Å². The minimum atomic E-state index is -2.71. The number of pyridine rings is 1. The monoisotopic (exact) mass is 405 g/mol. The van der Waals surface area contributed by atoms with Gasteiger partial charge in [-0.05, 0) is 18.4 Å². The summed E-state index contributed by atoms with van der Waals surface area (Å²) >= 11 is 0. The van der Waals surface area contributed by atoms with Crippen molar-refractivity contribution in [1.29, 1.82) is 5.41 Å². The van der Waals surface area contributed by atoms with Crippen LogP contribution >= 0.6 is 0 Å². The van der Waals surface area contributed by atoms with Crippen LogP contribution in [0.4, 0.5) is 25.1 Å². The predicted octanol–water partition coefficient (Wildman–Crippen LogP) is 2.66. The largest absolute Gasteiger partial charge is 0.471 e. The van der Waals surface area contributed by atoms with Gasteiger partial charge in [0.05, 0.1) is 17.2 Å². The average molecular weight is 405 g/mol. The number of urea groups is 1. The molecule has 2 amide bonds. The molecule has 2 aromatic rings. The molecule has 0 aliphatic heterocycles. The second-order valence-electron chi connectivity index (χ2n) is 6.73. The number of anilines is 2. The lowest BCUT2D eigenvalue weighted by atomic mass is 10.00. The Balaban J connectivity index is 1.65. The molecule has 154 valence electrons. The highest BCUT2D eigenvalue weighted by molar-refractivity contribution is 5.97. The van der Waals surface area contributed by atoms with Crippen molar-refractivity contribution in [2.75, 3.05) is 17.7 Å². The zero-order valence-electron chi connectivity index (χ0n) is 15.4. The molecule has 1 saturated carbocycles. The van der Waals surface area contributed by atoms with Gasteiger partial charge in [-0.25, -0.2) is 18.6 Å². The molecule has 0 radical (unpaired) electrons. The normalized spacial score (nSPS) is 15.4. The van der Waals surface area contributed by atoms with E-state index >= 15 is 0 Å². The zero-order valence-corrected chi connectivity index (χ0v) is 15.4. The second kappa shape index (κ2) is 8.39. The molecular weight excluding hydrogens is 384 g/mol. The number of halogens is 2. The van der Waals surface area contributed by atoms with E-state index in [4.69, 9.17) is 11.1 Å². The molecule has 0 bridgehead atoms. The van der Waals surface area contributed by atoms with E-state index in [9.17, 15) is 18.7 Å². The van der Waals surface area contributed by atoms with E-state index in [2.05, 4.69) is 20.4 Å². The number of nitrogen functional groups attached to an aromatic ring is 1. The Morgan fingerprint density at radius 1 is 1.34 bits per heavy atom. The molecule has 6 N–H and O–H groups in total. The van der Waals surface area contributed by atoms with Crippen LogP contribution in [0.25, 0.3) is 0 Å². The lowest BCUT2D eigenvalue weighted by Gasteiger charge is -2.24. The second-order valence-corrected chi connectivity index (χ2v) is 6.73. The van der Waals surface area contributed by atoms with E-state index in [-0.39, 0.29) is 17.1 Å². The van der Waals surface area contributed by atoms with Crippen LogP contribution in [0.1, 0.15) is 30.0 Å². The number of rotatable bonds is 7. The van der Waals surface area contributed by atoms with Gasteiger partial charge < -0.3 is 20.9 Å². The highest BCUT2D eigenvalue weighted by atomic mass is 19.3. The molecule has 10 heteroatoms. The molecule has 29 heavy (non-hydrogen) atoms. The number of nitrogens with zero attached hydrogens (tertiary/aromatic N) is 1. The highest BCUT2D eigenvalue weighted by Crippen LogP contribution is 2.45. The minimum Gasteiger partial charge on any atom is -0.471 e. The van der Waals surface area contributed by atoms with Crippen molar-refractivity contribution in [2.45, 2.75) is 30.9 Å². The third kappa shape index (κ3) is 5.17. The first kappa shape index (κ1) is 20.5. The first-order valence-electron chi connectivity index (χ1n) is 8.89. The van der Waals surface area contributed by atoms with E-state index in [0.717, 1.165) is 11.8 Å². The van der Waals surface area contributed by atoms with Gasteiger partial charge in [-0.15, -0.1) is 0 Å². The predicted molar refractivity (Wildman–Crippen MR) is 103 cm³/mol. The number of aliphatic hydroxyl groups is 1. The van der Waals surface area contributed by atoms with Crippen molar-refractivity contribution in [3.05, 3.63) is 53.7 Å². The van der Waals surface area contributed by atoms with Gasteiger partial charge >= 0.3 is 6.03 Å². The number of hydrogen-bond acceptors (Lipinski definition) is 6. The summed E-state index contributed by atoms with van der Waals surface area (Å²) in [6.07, 6.45) is -0.406. The molecule has 0 saturated heterocycles. The molecule has 8 nitrogen and oxygen atoms in total. The number of carbonyl (C=O) groups excluding carboxylic acids is 1. The van der Waals surface area contributed by atoms with Gasteiger partial charge in [0.1, 0.15) is 5.82 Å². The fraction of sp³-hybridized carbons (Fsp3) is 0.316. The Labute approximate surface area is 165 Å². The summed E-state index contributed by atoms with van der Waals surface area (Å²) in [5.41, 5.74) is 5.67. The molecular formula is C19H21F2N5O3. The molecule has 1 aromatic heterocycles. The van der Waals surface area contributed by atoms with Crippen molar-refractivity contribution in [3.8, 4) is 0 Å². The summed E-state index contributed by atoms with van der Waals surface area (Å²) in [5.74, 6) is -0.439. The number of nitrogens with two attached hydrogens (primary N) is 1. The van der Waals surface area contributed by atoms with Crippen molar-refractivity contribution in [1.82, 2.24) is 10.3 Å². The summed E-state index contributed by atoms with van der Waals surface area (Å²) in [4.78, 5) is 16.4. The summed E-state index contributed by atoms with van der Waals surface area (Å²) in [7, 11) is 0. The van der Waals surface area contributed by atoms with Crippen LogP contribution in [-0.2, 0) is 4.74 Å². The first-order valence-corrected chi connectivity index (χ1v) is 8.89. The third-order valence-electron chi connectivity index (χ3n) is 4.48. The smallest absolute Gasteiger partial charge is 0.320 e. The number of aromatic nitrogens is 1. The first-order chi connectivity index (χ1) is 13.8. The molecule has 0 spiro atoms. The molecule has 1 heterocycles. The van der Waals surface area contributed by atoms with Gasteiger partial charge in [0.2, 0.25) is 5.90 Å². The van der Waals surface area contributed by atoms with E-state index in [0.29, 0.717) is 12.8 Å². The number of alkyl halides is 2. The fourth-order valence-electron chi connectivity index (χ4n) is 2.83. The van der Waals surface area contributed by atoms with Gasteiger partial charge in [-0.2, -0.15) is 0 Å². The minimum absolute atomic E-state index is 0.0334. The SMILES string of the molecule is N=C(OCC(F)F)c1cnc(NC(=O)N[C@@H](c2ccccc2)C2(O)CC2)cc1N. The van der Waals surface area contributed by atoms with Crippen LogP contribution in [0.15, 0.2) is 42.6 Å². The maximum absolute atomic E-state index is 12.4. The van der Waals surface area contributed by atoms with Crippen molar-refractivity contribution < 1.29 is 23.4 Å². The highest BCUT2D eigenvalue weighted by Gasteiger charge is 2.49. The fourth-order valence-corrected chi connectivity index (χ4v) is 2.83. The van der Waals surface area contributed by atoms with Gasteiger partial charge in [0, 0.05) is 18.0 Å². The maximum atomic E-state index is 12.4. The lowest BCUT2D eigenvalue weighted by Crippen LogP contribution is -2.40. The molecule has 1 aliphatic rings. The van der Waals surface area contributed by atoms with Crippen molar-refractivity contribution in [3.63, 3.8) is 0 Å². The lowest BCUT2D eigenvalue weighted by molar-refractivity contribution is 0.0761. The van der Waals surface area contributed by atoms with Crippen LogP contribution in [0, 0.1) is 5.41 Å². The van der Waals surface area contributed by atoms with Gasteiger partial charge in [0.25, 0.3) is 6.43 Å². The number of nitrogens with one attached hydrogen (secondary N) is 3. The number of hydrogen-bond donors (Lipinski definition) is 5. The third-order valence-corrected chi connectivity index (χ3v) is 4.48. The average Bonchev–Trinajstić information content (AvgIpc) is 3.43. The molecule has 1 aliphatic carbocycles. The van der Waals surface area contributed by atoms with Crippen molar-refractivity contribution in [2.24, 2.45) is 0 Å². The number of ether oxygens (including phenoxy) is 1. The van der Waals surface area contributed by atoms with Crippen LogP contribution in [0.2, 0.25) is 0 Å². The number of carbonyl (C=O) groups is 1. The standard InChI is InChI=1S/C19H21F2N5O3/c20-14(21)10-29-17(23)12-9-24-15(8-13(12)22)25-18(27)26-16(19(28)6-7-19)11-4-2-1-3-5-11/h1-5,8-9,14,16,23,28H,6-7,10H2,(H4,22,24,25,26,27)/t16-/m0/s1. The Morgan fingerprint density at radius 3 is 2.62 bits per heavy atom. The molecule has 3 rings (SSSR count). The molecule has 1 aromatic carbocycles. The summed E-state index contributed by atoms with van der Waals surface area (Å²) < 4.78 is 29.0. The van der Waals surface area contributed by atoms with Crippen LogP contribution < -0.4 is 16.4 Å². The topological polar surface area (TPSA) is 133 Å². The van der Waals surface area contributed by atoms with Crippen molar-refractivity contribution >= 4 is 23.4 Å².